The molecule has 0 radical (unpaired) electrons. The second-order valence-corrected chi connectivity index (χ2v) is 8.31. The van der Waals surface area contributed by atoms with E-state index >= 15 is 0 Å². The average Bonchev–Trinajstić information content (AvgIpc) is 3.31. The molecular weight excluding hydrogens is 326 g/mol. The summed E-state index contributed by atoms with van der Waals surface area (Å²) in [6.45, 7) is 4.48. The van der Waals surface area contributed by atoms with Gasteiger partial charge in [0, 0.05) is 43.5 Å². The van der Waals surface area contributed by atoms with Crippen LogP contribution >= 0.6 is 11.3 Å². The van der Waals surface area contributed by atoms with Gasteiger partial charge in [0.2, 0.25) is 0 Å². The van der Waals surface area contributed by atoms with Crippen LogP contribution in [0.2, 0.25) is 0 Å². The molecule has 5 rings (SSSR count). The molecule has 0 saturated carbocycles. The van der Waals surface area contributed by atoms with Crippen LogP contribution in [0.5, 0.6) is 0 Å². The van der Waals surface area contributed by atoms with Crippen LogP contribution in [-0.4, -0.2) is 36.6 Å². The number of likely N-dealkylation sites (N-methyl/N-ethyl adjacent to an activating group) is 1. The summed E-state index contributed by atoms with van der Waals surface area (Å²) in [6, 6.07) is 13.7. The van der Waals surface area contributed by atoms with Gasteiger partial charge >= 0.3 is 0 Å². The number of anilines is 1. The largest absolute Gasteiger partial charge is 0.372 e. The van der Waals surface area contributed by atoms with E-state index in [2.05, 4.69) is 58.6 Å². The molecule has 0 bridgehead atoms. The molecule has 1 fully saturated rings. The van der Waals surface area contributed by atoms with E-state index in [1.807, 2.05) is 0 Å². The van der Waals surface area contributed by atoms with E-state index in [-0.39, 0.29) is 0 Å². The van der Waals surface area contributed by atoms with Gasteiger partial charge < -0.3 is 9.80 Å². The maximum absolute atomic E-state index is 4.97. The standard InChI is InChI=1S/C21H23N3S/c1-23-13-15-12-16(24-9-2-3-10-24)4-5-17(15)18(14-23)19-6-7-21-20(22-19)8-11-25-21/h4-8,11-12,18H,2-3,9-10,13-14H2,1H3. The number of hydrogen-bond donors (Lipinski definition) is 0. The van der Waals surface area contributed by atoms with Gasteiger partial charge in [-0.05, 0) is 66.7 Å². The number of hydrogen-bond acceptors (Lipinski definition) is 4. The molecule has 3 nitrogen and oxygen atoms in total. The predicted octanol–water partition coefficient (Wildman–Crippen LogP) is 4.47. The van der Waals surface area contributed by atoms with E-state index in [9.17, 15) is 0 Å². The van der Waals surface area contributed by atoms with Crippen molar-refractivity contribution in [3.05, 3.63) is 58.6 Å². The van der Waals surface area contributed by atoms with Crippen LogP contribution in [0.25, 0.3) is 10.2 Å². The van der Waals surface area contributed by atoms with E-state index in [1.165, 1.54) is 53.1 Å². The molecule has 0 amide bonds. The molecule has 25 heavy (non-hydrogen) atoms. The Morgan fingerprint density at radius 1 is 1.08 bits per heavy atom. The van der Waals surface area contributed by atoms with E-state index in [0.29, 0.717) is 5.92 Å². The fourth-order valence-electron chi connectivity index (χ4n) is 4.32. The number of thiophene rings is 1. The third-order valence-corrected chi connectivity index (χ3v) is 6.46. The Balaban J connectivity index is 1.55. The lowest BCUT2D eigenvalue weighted by Crippen LogP contribution is -2.31. The minimum atomic E-state index is 0.366. The Morgan fingerprint density at radius 3 is 2.84 bits per heavy atom. The number of benzene rings is 1. The normalized spacial score (nSPS) is 21.0. The van der Waals surface area contributed by atoms with E-state index in [4.69, 9.17) is 4.98 Å². The quantitative estimate of drug-likeness (QED) is 0.680. The fraction of sp³-hybridized carbons (Fsp3) is 0.381. The van der Waals surface area contributed by atoms with Crippen molar-refractivity contribution in [2.24, 2.45) is 0 Å². The molecule has 1 unspecified atom stereocenters. The second kappa shape index (κ2) is 6.11. The van der Waals surface area contributed by atoms with Crippen molar-refractivity contribution in [1.82, 2.24) is 9.88 Å². The summed E-state index contributed by atoms with van der Waals surface area (Å²) in [5, 5.41) is 2.13. The van der Waals surface area contributed by atoms with Crippen LogP contribution in [0.3, 0.4) is 0 Å². The molecule has 0 aliphatic carbocycles. The van der Waals surface area contributed by atoms with Crippen molar-refractivity contribution in [3.63, 3.8) is 0 Å². The Morgan fingerprint density at radius 2 is 1.96 bits per heavy atom. The molecule has 0 N–H and O–H groups in total. The van der Waals surface area contributed by atoms with Crippen molar-refractivity contribution >= 4 is 27.2 Å². The van der Waals surface area contributed by atoms with Crippen LogP contribution in [0.15, 0.2) is 41.8 Å². The lowest BCUT2D eigenvalue weighted by Gasteiger charge is -2.33. The molecule has 2 aliphatic rings. The first-order chi connectivity index (χ1) is 12.3. The molecule has 1 saturated heterocycles. The Labute approximate surface area is 152 Å². The minimum absolute atomic E-state index is 0.366. The molecule has 128 valence electrons. The van der Waals surface area contributed by atoms with Gasteiger partial charge in [-0.3, -0.25) is 4.98 Å². The van der Waals surface area contributed by atoms with Crippen LogP contribution in [-0.2, 0) is 6.54 Å². The predicted molar refractivity (Wildman–Crippen MR) is 106 cm³/mol. The Hall–Kier alpha value is -1.91. The van der Waals surface area contributed by atoms with Gasteiger partial charge in [0.05, 0.1) is 10.2 Å². The third-order valence-electron chi connectivity index (χ3n) is 5.59. The molecule has 0 spiro atoms. The molecule has 1 atom stereocenters. The van der Waals surface area contributed by atoms with Gasteiger partial charge in [0.1, 0.15) is 0 Å². The van der Waals surface area contributed by atoms with Crippen LogP contribution < -0.4 is 4.90 Å². The third kappa shape index (κ3) is 2.74. The summed E-state index contributed by atoms with van der Waals surface area (Å²) in [5.74, 6) is 0.366. The van der Waals surface area contributed by atoms with Crippen LogP contribution in [0, 0.1) is 0 Å². The SMILES string of the molecule is CN1Cc2cc(N3CCCC3)ccc2C(c2ccc3sccc3n2)C1. The summed E-state index contributed by atoms with van der Waals surface area (Å²) in [7, 11) is 2.22. The molecule has 1 aromatic carbocycles. The van der Waals surface area contributed by atoms with Gasteiger partial charge in [-0.25, -0.2) is 0 Å². The number of aromatic nitrogens is 1. The zero-order valence-electron chi connectivity index (χ0n) is 14.6. The first-order valence-corrected chi connectivity index (χ1v) is 10.1. The Bertz CT molecular complexity index is 910. The van der Waals surface area contributed by atoms with Gasteiger partial charge in [-0.15, -0.1) is 11.3 Å². The van der Waals surface area contributed by atoms with Crippen molar-refractivity contribution in [2.75, 3.05) is 31.6 Å². The second-order valence-electron chi connectivity index (χ2n) is 7.37. The summed E-state index contributed by atoms with van der Waals surface area (Å²) >= 11 is 1.77. The monoisotopic (exact) mass is 349 g/mol. The molecule has 2 aromatic heterocycles. The van der Waals surface area contributed by atoms with Crippen molar-refractivity contribution < 1.29 is 0 Å². The molecular formula is C21H23N3S. The molecule has 3 aromatic rings. The minimum Gasteiger partial charge on any atom is -0.372 e. The van der Waals surface area contributed by atoms with Crippen molar-refractivity contribution in [1.29, 1.82) is 0 Å². The Kier molecular flexibility index (Phi) is 3.75. The van der Waals surface area contributed by atoms with E-state index in [1.54, 1.807) is 11.3 Å². The first-order valence-electron chi connectivity index (χ1n) is 9.18. The zero-order valence-corrected chi connectivity index (χ0v) is 15.4. The zero-order chi connectivity index (χ0) is 16.8. The number of pyridine rings is 1. The lowest BCUT2D eigenvalue weighted by molar-refractivity contribution is 0.293. The summed E-state index contributed by atoms with van der Waals surface area (Å²) < 4.78 is 1.28. The van der Waals surface area contributed by atoms with E-state index in [0.717, 1.165) is 18.6 Å². The van der Waals surface area contributed by atoms with Crippen molar-refractivity contribution in [2.45, 2.75) is 25.3 Å². The van der Waals surface area contributed by atoms with Crippen molar-refractivity contribution in [3.8, 4) is 0 Å². The highest BCUT2D eigenvalue weighted by Gasteiger charge is 2.27. The highest BCUT2D eigenvalue weighted by Crippen LogP contribution is 2.36. The number of fused-ring (bicyclic) bond motifs is 2. The average molecular weight is 350 g/mol. The molecule has 2 aliphatic heterocycles. The summed E-state index contributed by atoms with van der Waals surface area (Å²) in [6.07, 6.45) is 2.65. The fourth-order valence-corrected chi connectivity index (χ4v) is 5.05. The number of nitrogens with zero attached hydrogens (tertiary/aromatic N) is 3. The van der Waals surface area contributed by atoms with Gasteiger partial charge in [-0.1, -0.05) is 6.07 Å². The topological polar surface area (TPSA) is 19.4 Å². The summed E-state index contributed by atoms with van der Waals surface area (Å²) in [5.41, 5.74) is 6.66. The van der Waals surface area contributed by atoms with Crippen LogP contribution in [0.1, 0.15) is 35.6 Å². The maximum atomic E-state index is 4.97. The highest BCUT2D eigenvalue weighted by molar-refractivity contribution is 7.17. The van der Waals surface area contributed by atoms with E-state index < -0.39 is 0 Å². The first kappa shape index (κ1) is 15.4. The smallest absolute Gasteiger partial charge is 0.0813 e. The van der Waals surface area contributed by atoms with Gasteiger partial charge in [0.25, 0.3) is 0 Å². The van der Waals surface area contributed by atoms with Gasteiger partial charge in [-0.2, -0.15) is 0 Å². The number of rotatable bonds is 2. The molecule has 4 heteroatoms. The lowest BCUT2D eigenvalue weighted by atomic mass is 9.87. The van der Waals surface area contributed by atoms with Crippen LogP contribution in [0.4, 0.5) is 5.69 Å². The highest BCUT2D eigenvalue weighted by atomic mass is 32.1. The van der Waals surface area contributed by atoms with Gasteiger partial charge in [0.15, 0.2) is 0 Å². The molecule has 4 heterocycles. The summed E-state index contributed by atoms with van der Waals surface area (Å²) in [4.78, 5) is 9.92. The maximum Gasteiger partial charge on any atom is 0.0813 e.